The monoisotopic (exact) mass is 249 g/mol. The summed E-state index contributed by atoms with van der Waals surface area (Å²) >= 11 is 0. The lowest BCUT2D eigenvalue weighted by atomic mass is 10.2. The second kappa shape index (κ2) is 6.99. The zero-order valence-corrected chi connectivity index (χ0v) is 11.7. The molecule has 0 fully saturated rings. The molecule has 1 N–H and O–H groups in total. The third kappa shape index (κ3) is 3.72. The van der Waals surface area contributed by atoms with Crippen molar-refractivity contribution < 1.29 is 4.79 Å². The summed E-state index contributed by atoms with van der Waals surface area (Å²) in [5.41, 5.74) is 1.46. The summed E-state index contributed by atoms with van der Waals surface area (Å²) in [6.45, 7) is 7.13. The van der Waals surface area contributed by atoms with E-state index < -0.39 is 0 Å². The van der Waals surface area contributed by atoms with E-state index in [2.05, 4.69) is 24.1 Å². The van der Waals surface area contributed by atoms with Gasteiger partial charge in [0.2, 0.25) is 0 Å². The first kappa shape index (κ1) is 14.5. The standard InChI is InChI=1S/C14H23N3O/c1-5-9-15-12-7-8-13(16-10-12)14(18)17(4)11(3)6-2/h7-8,10-11,15H,5-6,9H2,1-4H3. The van der Waals surface area contributed by atoms with E-state index in [1.165, 1.54) is 0 Å². The lowest BCUT2D eigenvalue weighted by Crippen LogP contribution is -2.35. The zero-order chi connectivity index (χ0) is 13.5. The fourth-order valence-corrected chi connectivity index (χ4v) is 1.55. The quantitative estimate of drug-likeness (QED) is 0.843. The maximum Gasteiger partial charge on any atom is 0.272 e. The Labute approximate surface area is 109 Å². The smallest absolute Gasteiger partial charge is 0.272 e. The molecule has 18 heavy (non-hydrogen) atoms. The Bertz CT molecular complexity index is 375. The molecule has 0 saturated carbocycles. The molecule has 0 radical (unpaired) electrons. The topological polar surface area (TPSA) is 45.2 Å². The van der Waals surface area contributed by atoms with E-state index in [9.17, 15) is 4.79 Å². The average molecular weight is 249 g/mol. The van der Waals surface area contributed by atoms with Crippen LogP contribution in [0.25, 0.3) is 0 Å². The molecule has 4 heteroatoms. The molecule has 0 bridgehead atoms. The third-order valence-electron chi connectivity index (χ3n) is 3.13. The van der Waals surface area contributed by atoms with Crippen LogP contribution in [0, 0.1) is 0 Å². The molecule has 1 unspecified atom stereocenters. The molecule has 0 aliphatic carbocycles. The highest BCUT2D eigenvalue weighted by molar-refractivity contribution is 5.92. The van der Waals surface area contributed by atoms with Crippen LogP contribution in [0.5, 0.6) is 0 Å². The fraction of sp³-hybridized carbons (Fsp3) is 0.571. The number of aromatic nitrogens is 1. The molecular formula is C14H23N3O. The highest BCUT2D eigenvalue weighted by Gasteiger charge is 2.16. The molecular weight excluding hydrogens is 226 g/mol. The Balaban J connectivity index is 2.69. The van der Waals surface area contributed by atoms with Crippen LogP contribution in [0.4, 0.5) is 5.69 Å². The first-order valence-corrected chi connectivity index (χ1v) is 6.57. The summed E-state index contributed by atoms with van der Waals surface area (Å²) in [6, 6.07) is 3.91. The number of anilines is 1. The van der Waals surface area contributed by atoms with Crippen molar-refractivity contribution in [3.8, 4) is 0 Å². The summed E-state index contributed by atoms with van der Waals surface area (Å²) < 4.78 is 0. The van der Waals surface area contributed by atoms with Crippen LogP contribution in [-0.2, 0) is 0 Å². The molecule has 1 aromatic rings. The van der Waals surface area contributed by atoms with E-state index in [4.69, 9.17) is 0 Å². The Kier molecular flexibility index (Phi) is 5.62. The van der Waals surface area contributed by atoms with E-state index in [1.807, 2.05) is 20.0 Å². The van der Waals surface area contributed by atoms with Gasteiger partial charge < -0.3 is 10.2 Å². The normalized spacial score (nSPS) is 12.0. The fourth-order valence-electron chi connectivity index (χ4n) is 1.55. The number of hydrogen-bond donors (Lipinski definition) is 1. The number of hydrogen-bond acceptors (Lipinski definition) is 3. The van der Waals surface area contributed by atoms with E-state index >= 15 is 0 Å². The zero-order valence-electron chi connectivity index (χ0n) is 11.7. The summed E-state index contributed by atoms with van der Waals surface area (Å²) in [5.74, 6) is -0.0219. The van der Waals surface area contributed by atoms with Crippen LogP contribution < -0.4 is 5.32 Å². The van der Waals surface area contributed by atoms with Gasteiger partial charge in [-0.05, 0) is 31.9 Å². The summed E-state index contributed by atoms with van der Waals surface area (Å²) in [7, 11) is 1.82. The molecule has 1 amide bonds. The number of pyridine rings is 1. The minimum Gasteiger partial charge on any atom is -0.384 e. The van der Waals surface area contributed by atoms with Crippen molar-refractivity contribution in [2.75, 3.05) is 18.9 Å². The lowest BCUT2D eigenvalue weighted by molar-refractivity contribution is 0.0734. The van der Waals surface area contributed by atoms with Crippen molar-refractivity contribution in [1.29, 1.82) is 0 Å². The number of rotatable bonds is 6. The number of amides is 1. The largest absolute Gasteiger partial charge is 0.384 e. The molecule has 1 aromatic heterocycles. The van der Waals surface area contributed by atoms with Crippen molar-refractivity contribution in [3.63, 3.8) is 0 Å². The Hall–Kier alpha value is -1.58. The van der Waals surface area contributed by atoms with E-state index in [0.29, 0.717) is 5.69 Å². The van der Waals surface area contributed by atoms with Crippen molar-refractivity contribution in [2.45, 2.75) is 39.7 Å². The van der Waals surface area contributed by atoms with Gasteiger partial charge in [-0.1, -0.05) is 13.8 Å². The average Bonchev–Trinajstić information content (AvgIpc) is 2.43. The molecule has 4 nitrogen and oxygen atoms in total. The van der Waals surface area contributed by atoms with E-state index in [0.717, 1.165) is 25.1 Å². The highest BCUT2D eigenvalue weighted by atomic mass is 16.2. The van der Waals surface area contributed by atoms with Gasteiger partial charge in [0, 0.05) is 19.6 Å². The molecule has 0 aliphatic rings. The van der Waals surface area contributed by atoms with Crippen molar-refractivity contribution in [2.24, 2.45) is 0 Å². The lowest BCUT2D eigenvalue weighted by Gasteiger charge is -2.23. The number of carbonyl (C=O) groups excluding carboxylic acids is 1. The van der Waals surface area contributed by atoms with Crippen molar-refractivity contribution in [1.82, 2.24) is 9.88 Å². The van der Waals surface area contributed by atoms with Gasteiger partial charge in [-0.15, -0.1) is 0 Å². The number of nitrogens with one attached hydrogen (secondary N) is 1. The molecule has 0 saturated heterocycles. The highest BCUT2D eigenvalue weighted by Crippen LogP contribution is 2.10. The SMILES string of the molecule is CCCNc1ccc(C(=O)N(C)C(C)CC)nc1. The predicted octanol–water partition coefficient (Wildman–Crippen LogP) is 2.77. The van der Waals surface area contributed by atoms with Crippen LogP contribution in [-0.4, -0.2) is 35.4 Å². The van der Waals surface area contributed by atoms with Crippen molar-refractivity contribution >= 4 is 11.6 Å². The van der Waals surface area contributed by atoms with Crippen molar-refractivity contribution in [3.05, 3.63) is 24.0 Å². The molecule has 0 aliphatic heterocycles. The number of nitrogens with zero attached hydrogens (tertiary/aromatic N) is 2. The van der Waals surface area contributed by atoms with Gasteiger partial charge in [0.15, 0.2) is 0 Å². The van der Waals surface area contributed by atoms with E-state index in [1.54, 1.807) is 17.2 Å². The Morgan fingerprint density at radius 3 is 2.67 bits per heavy atom. The molecule has 0 aromatic carbocycles. The van der Waals surface area contributed by atoms with E-state index in [-0.39, 0.29) is 11.9 Å². The van der Waals surface area contributed by atoms with Gasteiger partial charge in [0.1, 0.15) is 5.69 Å². The maximum atomic E-state index is 12.1. The molecule has 1 atom stereocenters. The summed E-state index contributed by atoms with van der Waals surface area (Å²) in [5, 5.41) is 3.24. The number of carbonyl (C=O) groups is 1. The van der Waals surface area contributed by atoms with Crippen LogP contribution in [0.15, 0.2) is 18.3 Å². The van der Waals surface area contributed by atoms with Crippen LogP contribution in [0.3, 0.4) is 0 Å². The molecule has 1 heterocycles. The maximum absolute atomic E-state index is 12.1. The summed E-state index contributed by atoms with van der Waals surface area (Å²) in [6.07, 6.45) is 3.73. The first-order valence-electron chi connectivity index (χ1n) is 6.57. The van der Waals surface area contributed by atoms with Gasteiger partial charge in [0.05, 0.1) is 11.9 Å². The predicted molar refractivity (Wildman–Crippen MR) is 74.9 cm³/mol. The van der Waals surface area contributed by atoms with Gasteiger partial charge in [0.25, 0.3) is 5.91 Å². The summed E-state index contributed by atoms with van der Waals surface area (Å²) in [4.78, 5) is 18.1. The van der Waals surface area contributed by atoms with Crippen LogP contribution in [0.2, 0.25) is 0 Å². The van der Waals surface area contributed by atoms with Crippen LogP contribution >= 0.6 is 0 Å². The van der Waals surface area contributed by atoms with Gasteiger partial charge in [-0.25, -0.2) is 4.98 Å². The minimum absolute atomic E-state index is 0.0219. The molecule has 1 rings (SSSR count). The first-order chi connectivity index (χ1) is 8.60. The second-order valence-corrected chi connectivity index (χ2v) is 4.53. The van der Waals surface area contributed by atoms with Gasteiger partial charge in [-0.3, -0.25) is 4.79 Å². The Morgan fingerprint density at radius 2 is 2.17 bits per heavy atom. The third-order valence-corrected chi connectivity index (χ3v) is 3.13. The van der Waals surface area contributed by atoms with Gasteiger partial charge >= 0.3 is 0 Å². The van der Waals surface area contributed by atoms with Gasteiger partial charge in [-0.2, -0.15) is 0 Å². The second-order valence-electron chi connectivity index (χ2n) is 4.53. The van der Waals surface area contributed by atoms with Crippen LogP contribution in [0.1, 0.15) is 44.1 Å². The Morgan fingerprint density at radius 1 is 1.44 bits per heavy atom. The molecule has 0 spiro atoms. The molecule has 100 valence electrons. The minimum atomic E-state index is -0.0219.